The Labute approximate surface area is 144 Å². The summed E-state index contributed by atoms with van der Waals surface area (Å²) in [4.78, 5) is 32.2. The molecule has 1 atom stereocenters. The molecule has 2 N–H and O–H groups in total. The topological polar surface area (TPSA) is 87.5 Å². The fraction of sp³-hybridized carbons (Fsp3) is 0.438. The molecule has 0 saturated heterocycles. The molecule has 0 fully saturated rings. The number of carbonyl (C=O) groups is 2. The number of nitrogens with zero attached hydrogens (tertiary/aromatic N) is 2. The number of aromatic nitrogens is 1. The molecule has 2 amide bonds. The lowest BCUT2D eigenvalue weighted by molar-refractivity contribution is -0.117. The van der Waals surface area contributed by atoms with Gasteiger partial charge in [0, 0.05) is 24.4 Å². The van der Waals surface area contributed by atoms with Crippen LogP contribution < -0.4 is 10.6 Å². The molecule has 0 radical (unpaired) electrons. The molecule has 0 unspecified atom stereocenters. The maximum atomic E-state index is 12.3. The normalized spacial score (nSPS) is 15.6. The van der Waals surface area contributed by atoms with Gasteiger partial charge in [-0.2, -0.15) is 0 Å². The van der Waals surface area contributed by atoms with Gasteiger partial charge in [0.05, 0.1) is 12.0 Å². The molecular formula is C16H20N4O3S. The number of rotatable bonds is 5. The second-order valence-corrected chi connectivity index (χ2v) is 6.75. The lowest BCUT2D eigenvalue weighted by Gasteiger charge is -2.23. The molecule has 0 bridgehead atoms. The van der Waals surface area contributed by atoms with E-state index in [1.54, 1.807) is 19.1 Å². The number of amides is 2. The molecule has 0 saturated carbocycles. The third-order valence-electron chi connectivity index (χ3n) is 3.97. The molecule has 2 aromatic rings. The van der Waals surface area contributed by atoms with Gasteiger partial charge >= 0.3 is 0 Å². The summed E-state index contributed by atoms with van der Waals surface area (Å²) in [5.74, 6) is -0.535. The standard InChI is InChI=1S/C16H20N4O3S/c1-3-20-7-6-11-13(9-20)24-16(18-11)19-14(21)10(2)17-15(22)12-5-4-8-23-12/h4-5,8,10H,3,6-7,9H2,1-2H3,(H,17,22)(H,18,19,21)/t10-/m1/s1. The van der Waals surface area contributed by atoms with Crippen LogP contribution in [0.2, 0.25) is 0 Å². The zero-order chi connectivity index (χ0) is 17.1. The second kappa shape index (κ2) is 7.14. The number of carbonyl (C=O) groups excluding carboxylic acids is 2. The van der Waals surface area contributed by atoms with Gasteiger partial charge in [-0.1, -0.05) is 6.92 Å². The Morgan fingerprint density at radius 3 is 3.04 bits per heavy atom. The van der Waals surface area contributed by atoms with Gasteiger partial charge in [0.2, 0.25) is 5.91 Å². The highest BCUT2D eigenvalue weighted by atomic mass is 32.1. The van der Waals surface area contributed by atoms with Crippen LogP contribution in [0.3, 0.4) is 0 Å². The van der Waals surface area contributed by atoms with E-state index in [1.807, 2.05) is 0 Å². The van der Waals surface area contributed by atoms with Crippen LogP contribution in [0.15, 0.2) is 22.8 Å². The van der Waals surface area contributed by atoms with Crippen LogP contribution in [0.5, 0.6) is 0 Å². The van der Waals surface area contributed by atoms with Crippen molar-refractivity contribution in [3.63, 3.8) is 0 Å². The molecule has 3 heterocycles. The summed E-state index contributed by atoms with van der Waals surface area (Å²) in [6.07, 6.45) is 2.32. The summed E-state index contributed by atoms with van der Waals surface area (Å²) in [5.41, 5.74) is 1.06. The maximum absolute atomic E-state index is 12.3. The SMILES string of the molecule is CCN1CCc2nc(NC(=O)[C@@H](C)NC(=O)c3ccco3)sc2C1. The molecule has 1 aliphatic heterocycles. The van der Waals surface area contributed by atoms with Gasteiger partial charge in [0.1, 0.15) is 6.04 Å². The number of likely N-dealkylation sites (N-methyl/N-ethyl adjacent to an activating group) is 1. The first-order chi connectivity index (χ1) is 11.6. The number of anilines is 1. The third kappa shape index (κ3) is 3.65. The average molecular weight is 348 g/mol. The van der Waals surface area contributed by atoms with Crippen molar-refractivity contribution in [2.45, 2.75) is 32.9 Å². The molecule has 24 heavy (non-hydrogen) atoms. The highest BCUT2D eigenvalue weighted by Gasteiger charge is 2.22. The highest BCUT2D eigenvalue weighted by molar-refractivity contribution is 7.15. The van der Waals surface area contributed by atoms with Gasteiger partial charge in [-0.05, 0) is 25.6 Å². The molecular weight excluding hydrogens is 328 g/mol. The minimum Gasteiger partial charge on any atom is -0.459 e. The lowest BCUT2D eigenvalue weighted by Crippen LogP contribution is -2.41. The van der Waals surface area contributed by atoms with Crippen molar-refractivity contribution in [1.29, 1.82) is 0 Å². The molecule has 0 aromatic carbocycles. The van der Waals surface area contributed by atoms with Crippen molar-refractivity contribution in [1.82, 2.24) is 15.2 Å². The molecule has 0 aliphatic carbocycles. The number of fused-ring (bicyclic) bond motifs is 1. The summed E-state index contributed by atoms with van der Waals surface area (Å²) in [7, 11) is 0. The first kappa shape index (κ1) is 16.7. The molecule has 2 aromatic heterocycles. The Bertz CT molecular complexity index is 726. The maximum Gasteiger partial charge on any atom is 0.287 e. The number of hydrogen-bond acceptors (Lipinski definition) is 6. The lowest BCUT2D eigenvalue weighted by atomic mass is 10.2. The van der Waals surface area contributed by atoms with Crippen molar-refractivity contribution in [3.8, 4) is 0 Å². The van der Waals surface area contributed by atoms with Crippen LogP contribution in [0.4, 0.5) is 5.13 Å². The van der Waals surface area contributed by atoms with Gasteiger partial charge in [0.25, 0.3) is 5.91 Å². The second-order valence-electron chi connectivity index (χ2n) is 5.67. The number of furan rings is 1. The zero-order valence-electron chi connectivity index (χ0n) is 13.7. The molecule has 7 nitrogen and oxygen atoms in total. The van der Waals surface area contributed by atoms with Gasteiger partial charge in [-0.25, -0.2) is 4.98 Å². The van der Waals surface area contributed by atoms with E-state index in [0.717, 1.165) is 31.7 Å². The Hall–Kier alpha value is -2.19. The van der Waals surface area contributed by atoms with E-state index in [9.17, 15) is 9.59 Å². The minimum absolute atomic E-state index is 0.180. The predicted molar refractivity (Wildman–Crippen MR) is 91.0 cm³/mol. The minimum atomic E-state index is -0.685. The van der Waals surface area contributed by atoms with Crippen molar-refractivity contribution in [2.24, 2.45) is 0 Å². The summed E-state index contributed by atoms with van der Waals surface area (Å²) in [5, 5.41) is 5.98. The Kier molecular flexibility index (Phi) is 4.96. The summed E-state index contributed by atoms with van der Waals surface area (Å²) < 4.78 is 5.01. The van der Waals surface area contributed by atoms with Crippen molar-refractivity contribution < 1.29 is 14.0 Å². The number of nitrogens with one attached hydrogen (secondary N) is 2. The van der Waals surface area contributed by atoms with Crippen LogP contribution in [0.25, 0.3) is 0 Å². The quantitative estimate of drug-likeness (QED) is 0.861. The molecule has 3 rings (SSSR count). The van der Waals surface area contributed by atoms with E-state index >= 15 is 0 Å². The van der Waals surface area contributed by atoms with Crippen LogP contribution >= 0.6 is 11.3 Å². The zero-order valence-corrected chi connectivity index (χ0v) is 14.5. The van der Waals surface area contributed by atoms with Gasteiger partial charge in [-0.3, -0.25) is 14.5 Å². The van der Waals surface area contributed by atoms with Crippen LogP contribution in [-0.2, 0) is 17.8 Å². The van der Waals surface area contributed by atoms with Crippen molar-refractivity contribution in [3.05, 3.63) is 34.7 Å². The fourth-order valence-corrected chi connectivity index (χ4v) is 3.58. The van der Waals surface area contributed by atoms with E-state index in [0.29, 0.717) is 5.13 Å². The summed E-state index contributed by atoms with van der Waals surface area (Å²) in [6.45, 7) is 6.65. The van der Waals surface area contributed by atoms with Crippen molar-refractivity contribution in [2.75, 3.05) is 18.4 Å². The predicted octanol–water partition coefficient (Wildman–Crippen LogP) is 1.87. The first-order valence-corrected chi connectivity index (χ1v) is 8.74. The Morgan fingerprint density at radius 1 is 1.50 bits per heavy atom. The fourth-order valence-electron chi connectivity index (χ4n) is 2.53. The van der Waals surface area contributed by atoms with Gasteiger partial charge in [0.15, 0.2) is 10.9 Å². The Balaban J connectivity index is 1.59. The summed E-state index contributed by atoms with van der Waals surface area (Å²) >= 11 is 1.50. The van der Waals surface area contributed by atoms with Gasteiger partial charge in [-0.15, -0.1) is 11.3 Å². The monoisotopic (exact) mass is 348 g/mol. The molecule has 128 valence electrons. The van der Waals surface area contributed by atoms with Crippen LogP contribution in [0, 0.1) is 0 Å². The molecule has 1 aliphatic rings. The third-order valence-corrected chi connectivity index (χ3v) is 4.97. The largest absolute Gasteiger partial charge is 0.459 e. The van der Waals surface area contributed by atoms with Crippen LogP contribution in [-0.4, -0.2) is 40.8 Å². The van der Waals surface area contributed by atoms with E-state index < -0.39 is 11.9 Å². The van der Waals surface area contributed by atoms with E-state index in [-0.39, 0.29) is 11.7 Å². The smallest absolute Gasteiger partial charge is 0.287 e. The number of thiazole rings is 1. The number of hydrogen-bond donors (Lipinski definition) is 2. The molecule has 0 spiro atoms. The van der Waals surface area contributed by atoms with Gasteiger partial charge < -0.3 is 15.1 Å². The van der Waals surface area contributed by atoms with Crippen molar-refractivity contribution >= 4 is 28.3 Å². The highest BCUT2D eigenvalue weighted by Crippen LogP contribution is 2.28. The van der Waals surface area contributed by atoms with Crippen LogP contribution in [0.1, 0.15) is 35.0 Å². The van der Waals surface area contributed by atoms with E-state index in [2.05, 4.69) is 27.4 Å². The summed E-state index contributed by atoms with van der Waals surface area (Å²) in [6, 6.07) is 2.49. The first-order valence-electron chi connectivity index (χ1n) is 7.93. The van der Waals surface area contributed by atoms with E-state index in [1.165, 1.54) is 22.5 Å². The average Bonchev–Trinajstić information content (AvgIpc) is 3.23. The van der Waals surface area contributed by atoms with E-state index in [4.69, 9.17) is 4.42 Å². The Morgan fingerprint density at radius 2 is 2.33 bits per heavy atom. The molecule has 8 heteroatoms.